The van der Waals surface area contributed by atoms with Crippen LogP contribution >= 0.6 is 0 Å². The fourth-order valence-electron chi connectivity index (χ4n) is 2.53. The van der Waals surface area contributed by atoms with Gasteiger partial charge in [0.15, 0.2) is 6.61 Å². The van der Waals surface area contributed by atoms with Gasteiger partial charge in [-0.3, -0.25) is 9.59 Å². The monoisotopic (exact) mass is 310 g/mol. The molecule has 2 aromatic carbocycles. The lowest BCUT2D eigenvalue weighted by Gasteiger charge is -2.26. The number of carbonyl (C=O) groups excluding carboxylic acids is 2. The minimum absolute atomic E-state index is 0.0723. The Morgan fingerprint density at radius 2 is 1.83 bits per heavy atom. The summed E-state index contributed by atoms with van der Waals surface area (Å²) in [6.45, 7) is 1.04. The molecule has 1 heterocycles. The molecular formula is C18H18N2O3. The maximum atomic E-state index is 12.2. The minimum Gasteiger partial charge on any atom is -0.483 e. The van der Waals surface area contributed by atoms with Crippen molar-refractivity contribution >= 4 is 11.8 Å². The van der Waals surface area contributed by atoms with Crippen LogP contribution in [0.25, 0.3) is 11.1 Å². The van der Waals surface area contributed by atoms with Crippen LogP contribution in [0, 0.1) is 0 Å². The third kappa shape index (κ3) is 3.69. The first-order valence-electron chi connectivity index (χ1n) is 7.56. The van der Waals surface area contributed by atoms with Crippen LogP contribution in [0.2, 0.25) is 0 Å². The summed E-state index contributed by atoms with van der Waals surface area (Å²) < 4.78 is 5.72. The minimum atomic E-state index is -0.178. The van der Waals surface area contributed by atoms with Crippen molar-refractivity contribution in [3.8, 4) is 16.9 Å². The summed E-state index contributed by atoms with van der Waals surface area (Å²) in [5.41, 5.74) is 1.98. The fourth-order valence-corrected chi connectivity index (χ4v) is 2.53. The van der Waals surface area contributed by atoms with E-state index in [1.165, 1.54) is 4.90 Å². The molecule has 0 spiro atoms. The number of amides is 2. The Hall–Kier alpha value is -2.82. The zero-order chi connectivity index (χ0) is 16.1. The normalized spacial score (nSPS) is 14.3. The van der Waals surface area contributed by atoms with Gasteiger partial charge in [0.2, 0.25) is 5.91 Å². The lowest BCUT2D eigenvalue weighted by molar-refractivity contribution is -0.139. The van der Waals surface area contributed by atoms with Gasteiger partial charge in [-0.25, -0.2) is 0 Å². The lowest BCUT2D eigenvalue weighted by Crippen LogP contribution is -2.51. The second kappa shape index (κ2) is 6.96. The van der Waals surface area contributed by atoms with Crippen LogP contribution in [0.5, 0.6) is 5.75 Å². The van der Waals surface area contributed by atoms with Gasteiger partial charge in [-0.1, -0.05) is 48.5 Å². The highest BCUT2D eigenvalue weighted by molar-refractivity contribution is 5.86. The van der Waals surface area contributed by atoms with E-state index in [9.17, 15) is 9.59 Å². The molecule has 1 N–H and O–H groups in total. The van der Waals surface area contributed by atoms with Crippen molar-refractivity contribution in [2.75, 3.05) is 26.2 Å². The topological polar surface area (TPSA) is 58.6 Å². The second-order valence-electron chi connectivity index (χ2n) is 5.32. The Morgan fingerprint density at radius 1 is 1.09 bits per heavy atom. The predicted octanol–water partition coefficient (Wildman–Crippen LogP) is 1.69. The predicted molar refractivity (Wildman–Crippen MR) is 87.0 cm³/mol. The summed E-state index contributed by atoms with van der Waals surface area (Å²) in [5, 5.41) is 2.70. The van der Waals surface area contributed by atoms with Crippen LogP contribution in [0.3, 0.4) is 0 Å². The summed E-state index contributed by atoms with van der Waals surface area (Å²) in [4.78, 5) is 25.0. The van der Waals surface area contributed by atoms with Gasteiger partial charge in [0.1, 0.15) is 5.75 Å². The van der Waals surface area contributed by atoms with Crippen LogP contribution in [-0.4, -0.2) is 43.0 Å². The van der Waals surface area contributed by atoms with Gasteiger partial charge in [0.25, 0.3) is 5.91 Å². The lowest BCUT2D eigenvalue weighted by atomic mass is 10.1. The molecule has 0 aliphatic carbocycles. The van der Waals surface area contributed by atoms with Crippen molar-refractivity contribution < 1.29 is 14.3 Å². The van der Waals surface area contributed by atoms with E-state index in [0.717, 1.165) is 11.1 Å². The number of para-hydroxylation sites is 1. The van der Waals surface area contributed by atoms with Crippen molar-refractivity contribution in [2.45, 2.75) is 0 Å². The van der Waals surface area contributed by atoms with Crippen LogP contribution in [-0.2, 0) is 9.59 Å². The smallest absolute Gasteiger partial charge is 0.261 e. The maximum Gasteiger partial charge on any atom is 0.261 e. The van der Waals surface area contributed by atoms with Crippen LogP contribution in [0.15, 0.2) is 54.6 Å². The van der Waals surface area contributed by atoms with Gasteiger partial charge in [0, 0.05) is 18.7 Å². The molecule has 118 valence electrons. The number of hydrogen-bond acceptors (Lipinski definition) is 3. The van der Waals surface area contributed by atoms with Crippen molar-refractivity contribution in [1.82, 2.24) is 10.2 Å². The first-order valence-corrected chi connectivity index (χ1v) is 7.56. The molecule has 3 rings (SSSR count). The zero-order valence-electron chi connectivity index (χ0n) is 12.7. The number of piperazine rings is 1. The standard InChI is InChI=1S/C18H18N2O3/c21-17-12-20(11-10-19-17)18(22)13-23-16-9-5-4-8-15(16)14-6-2-1-3-7-14/h1-9H,10-13H2,(H,19,21). The molecule has 1 aliphatic heterocycles. The first-order chi connectivity index (χ1) is 11.2. The summed E-state index contributed by atoms with van der Waals surface area (Å²) in [6.07, 6.45) is 0. The number of nitrogens with one attached hydrogen (secondary N) is 1. The van der Waals surface area contributed by atoms with Crippen LogP contribution < -0.4 is 10.1 Å². The molecular weight excluding hydrogens is 292 g/mol. The largest absolute Gasteiger partial charge is 0.483 e. The van der Waals surface area contributed by atoms with E-state index in [0.29, 0.717) is 18.8 Å². The molecule has 0 unspecified atom stereocenters. The van der Waals surface area contributed by atoms with Crippen LogP contribution in [0.4, 0.5) is 0 Å². The summed E-state index contributed by atoms with van der Waals surface area (Å²) in [7, 11) is 0. The average Bonchev–Trinajstić information content (AvgIpc) is 2.60. The van der Waals surface area contributed by atoms with Gasteiger partial charge in [-0.15, -0.1) is 0 Å². The first kappa shape index (κ1) is 15.1. The van der Waals surface area contributed by atoms with Gasteiger partial charge < -0.3 is 15.0 Å². The number of carbonyl (C=O) groups is 2. The molecule has 2 amide bonds. The highest BCUT2D eigenvalue weighted by Gasteiger charge is 2.21. The van der Waals surface area contributed by atoms with E-state index in [1.54, 1.807) is 0 Å². The average molecular weight is 310 g/mol. The summed E-state index contributed by atoms with van der Waals surface area (Å²) in [5.74, 6) is 0.352. The molecule has 0 saturated carbocycles. The Balaban J connectivity index is 1.69. The van der Waals surface area contributed by atoms with E-state index in [4.69, 9.17) is 4.74 Å². The molecule has 1 aliphatic rings. The van der Waals surface area contributed by atoms with Crippen LogP contribution in [0.1, 0.15) is 0 Å². The van der Waals surface area contributed by atoms with Gasteiger partial charge in [0.05, 0.1) is 6.54 Å². The zero-order valence-corrected chi connectivity index (χ0v) is 12.7. The molecule has 5 nitrogen and oxygen atoms in total. The van der Waals surface area contributed by atoms with E-state index < -0.39 is 0 Å². The Kier molecular flexibility index (Phi) is 4.57. The Bertz CT molecular complexity index is 700. The third-order valence-electron chi connectivity index (χ3n) is 3.71. The number of hydrogen-bond donors (Lipinski definition) is 1. The molecule has 1 fully saturated rings. The van der Waals surface area contributed by atoms with Gasteiger partial charge >= 0.3 is 0 Å². The molecule has 1 saturated heterocycles. The molecule has 0 atom stereocenters. The fraction of sp³-hybridized carbons (Fsp3) is 0.222. The number of rotatable bonds is 4. The Morgan fingerprint density at radius 3 is 2.61 bits per heavy atom. The number of nitrogens with zero attached hydrogens (tertiary/aromatic N) is 1. The Labute approximate surface area is 134 Å². The molecule has 0 bridgehead atoms. The number of benzene rings is 2. The molecule has 2 aromatic rings. The van der Waals surface area contributed by atoms with E-state index >= 15 is 0 Å². The molecule has 23 heavy (non-hydrogen) atoms. The maximum absolute atomic E-state index is 12.2. The SMILES string of the molecule is O=C1CN(C(=O)COc2ccccc2-c2ccccc2)CCN1. The highest BCUT2D eigenvalue weighted by atomic mass is 16.5. The second-order valence-corrected chi connectivity index (χ2v) is 5.32. The van der Waals surface area contributed by atoms with E-state index in [2.05, 4.69) is 5.32 Å². The molecule has 0 radical (unpaired) electrons. The quantitative estimate of drug-likeness (QED) is 0.935. The summed E-state index contributed by atoms with van der Waals surface area (Å²) in [6, 6.07) is 17.5. The molecule has 0 aromatic heterocycles. The highest BCUT2D eigenvalue weighted by Crippen LogP contribution is 2.29. The van der Waals surface area contributed by atoms with Gasteiger partial charge in [-0.05, 0) is 11.6 Å². The van der Waals surface area contributed by atoms with E-state index in [1.807, 2.05) is 54.6 Å². The molecule has 5 heteroatoms. The van der Waals surface area contributed by atoms with Crippen molar-refractivity contribution in [3.63, 3.8) is 0 Å². The van der Waals surface area contributed by atoms with E-state index in [-0.39, 0.29) is 25.0 Å². The van der Waals surface area contributed by atoms with Crippen molar-refractivity contribution in [2.24, 2.45) is 0 Å². The van der Waals surface area contributed by atoms with Gasteiger partial charge in [-0.2, -0.15) is 0 Å². The van der Waals surface area contributed by atoms with Crippen molar-refractivity contribution in [1.29, 1.82) is 0 Å². The van der Waals surface area contributed by atoms with Crippen molar-refractivity contribution in [3.05, 3.63) is 54.6 Å². The summed E-state index contributed by atoms with van der Waals surface area (Å²) >= 11 is 0. The number of ether oxygens (including phenoxy) is 1. The third-order valence-corrected chi connectivity index (χ3v) is 3.71.